The van der Waals surface area contributed by atoms with Crippen LogP contribution in [-0.4, -0.2) is 37.2 Å². The number of hydrogen-bond acceptors (Lipinski definition) is 6. The smallest absolute Gasteiger partial charge is 0.370 e. The zero-order valence-corrected chi connectivity index (χ0v) is 11.3. The van der Waals surface area contributed by atoms with E-state index in [1.54, 1.807) is 6.92 Å². The molecule has 0 aliphatic rings. The maximum absolute atomic E-state index is 12.6. The number of alkyl halides is 3. The number of hydrogen-bond donors (Lipinski definition) is 3. The first-order valence-electron chi connectivity index (χ1n) is 5.56. The third kappa shape index (κ3) is 5.57. The Bertz CT molecular complexity index is 561. The van der Waals surface area contributed by atoms with Gasteiger partial charge in [-0.15, -0.1) is 0 Å². The Balaban J connectivity index is 2.91. The lowest BCUT2D eigenvalue weighted by Crippen LogP contribution is -2.23. The molecule has 4 N–H and O–H groups in total. The summed E-state index contributed by atoms with van der Waals surface area (Å²) in [5.74, 6) is -1.87. The largest absolute Gasteiger partial charge is 0.451 e. The van der Waals surface area contributed by atoms with Crippen LogP contribution in [0.1, 0.15) is 12.7 Å². The van der Waals surface area contributed by atoms with Gasteiger partial charge in [-0.25, -0.2) is 23.5 Å². The molecule has 7 nitrogen and oxygen atoms in total. The third-order valence-electron chi connectivity index (χ3n) is 2.03. The SMILES string of the molecule is CCNc1cc(NCCS(N)(=O)=O)nc(C(F)(F)F)n1. The average molecular weight is 313 g/mol. The van der Waals surface area contributed by atoms with E-state index < -0.39 is 27.8 Å². The molecule has 0 saturated carbocycles. The van der Waals surface area contributed by atoms with Crippen LogP contribution in [0.3, 0.4) is 0 Å². The predicted molar refractivity (Wildman–Crippen MR) is 67.7 cm³/mol. The molecule has 1 heterocycles. The van der Waals surface area contributed by atoms with Crippen LogP contribution >= 0.6 is 0 Å². The Kier molecular flexibility index (Phi) is 5.11. The second kappa shape index (κ2) is 6.22. The van der Waals surface area contributed by atoms with Gasteiger partial charge in [0.25, 0.3) is 0 Å². The van der Waals surface area contributed by atoms with E-state index >= 15 is 0 Å². The van der Waals surface area contributed by atoms with Gasteiger partial charge >= 0.3 is 6.18 Å². The number of sulfonamides is 1. The van der Waals surface area contributed by atoms with E-state index in [4.69, 9.17) is 5.14 Å². The molecule has 0 atom stereocenters. The fraction of sp³-hybridized carbons (Fsp3) is 0.556. The van der Waals surface area contributed by atoms with Gasteiger partial charge in [0.2, 0.25) is 15.8 Å². The fourth-order valence-electron chi connectivity index (χ4n) is 1.26. The number of primary sulfonamides is 1. The second-order valence-corrected chi connectivity index (χ2v) is 5.52. The second-order valence-electron chi connectivity index (χ2n) is 3.78. The lowest BCUT2D eigenvalue weighted by atomic mass is 10.4. The van der Waals surface area contributed by atoms with Gasteiger partial charge in [-0.05, 0) is 6.92 Å². The molecule has 0 aromatic carbocycles. The molecule has 114 valence electrons. The Morgan fingerprint density at radius 1 is 1.25 bits per heavy atom. The van der Waals surface area contributed by atoms with Crippen LogP contribution in [0.25, 0.3) is 0 Å². The normalized spacial score (nSPS) is 12.2. The molecule has 0 saturated heterocycles. The first-order chi connectivity index (χ1) is 9.12. The quantitative estimate of drug-likeness (QED) is 0.710. The van der Waals surface area contributed by atoms with Crippen molar-refractivity contribution in [1.82, 2.24) is 9.97 Å². The topological polar surface area (TPSA) is 110 Å². The summed E-state index contributed by atoms with van der Waals surface area (Å²) in [6.45, 7) is 1.92. The number of nitrogens with one attached hydrogen (secondary N) is 2. The average Bonchev–Trinajstić information content (AvgIpc) is 2.26. The van der Waals surface area contributed by atoms with E-state index in [1.165, 1.54) is 6.07 Å². The van der Waals surface area contributed by atoms with E-state index in [0.717, 1.165) is 0 Å². The summed E-state index contributed by atoms with van der Waals surface area (Å²) in [5, 5.41) is 9.88. The summed E-state index contributed by atoms with van der Waals surface area (Å²) in [6, 6.07) is 1.25. The summed E-state index contributed by atoms with van der Waals surface area (Å²) in [4.78, 5) is 6.60. The molecule has 0 spiro atoms. The highest BCUT2D eigenvalue weighted by atomic mass is 32.2. The first kappa shape index (κ1) is 16.4. The monoisotopic (exact) mass is 313 g/mol. The molecule has 0 aliphatic heterocycles. The Hall–Kier alpha value is -1.62. The molecule has 11 heteroatoms. The van der Waals surface area contributed by atoms with Gasteiger partial charge in [-0.2, -0.15) is 13.2 Å². The van der Waals surface area contributed by atoms with Gasteiger partial charge in [0.15, 0.2) is 0 Å². The zero-order chi connectivity index (χ0) is 15.4. The number of nitrogens with zero attached hydrogens (tertiary/aromatic N) is 2. The lowest BCUT2D eigenvalue weighted by Gasteiger charge is -2.11. The summed E-state index contributed by atoms with van der Waals surface area (Å²) < 4.78 is 59.3. The maximum atomic E-state index is 12.6. The van der Waals surface area contributed by atoms with Crippen molar-refractivity contribution in [3.8, 4) is 0 Å². The van der Waals surface area contributed by atoms with Crippen LogP contribution in [0.2, 0.25) is 0 Å². The molecular weight excluding hydrogens is 299 g/mol. The molecule has 0 aliphatic carbocycles. The van der Waals surface area contributed by atoms with Gasteiger partial charge in [-0.1, -0.05) is 0 Å². The highest BCUT2D eigenvalue weighted by molar-refractivity contribution is 7.89. The van der Waals surface area contributed by atoms with Gasteiger partial charge in [-0.3, -0.25) is 0 Å². The van der Waals surface area contributed by atoms with Gasteiger partial charge in [0, 0.05) is 19.2 Å². The predicted octanol–water partition coefficient (Wildman–Crippen LogP) is 0.628. The van der Waals surface area contributed by atoms with E-state index in [1.807, 2.05) is 0 Å². The lowest BCUT2D eigenvalue weighted by molar-refractivity contribution is -0.144. The van der Waals surface area contributed by atoms with Crippen molar-refractivity contribution in [2.24, 2.45) is 5.14 Å². The molecule has 1 aromatic heterocycles. The molecule has 20 heavy (non-hydrogen) atoms. The van der Waals surface area contributed by atoms with Crippen LogP contribution in [0.4, 0.5) is 24.8 Å². The Morgan fingerprint density at radius 2 is 1.80 bits per heavy atom. The number of aromatic nitrogens is 2. The highest BCUT2D eigenvalue weighted by Crippen LogP contribution is 2.28. The van der Waals surface area contributed by atoms with Crippen molar-refractivity contribution >= 4 is 21.7 Å². The van der Waals surface area contributed by atoms with Crippen LogP contribution in [0.5, 0.6) is 0 Å². The van der Waals surface area contributed by atoms with Crippen LogP contribution in [-0.2, 0) is 16.2 Å². The van der Waals surface area contributed by atoms with Gasteiger partial charge in [0.1, 0.15) is 11.6 Å². The zero-order valence-electron chi connectivity index (χ0n) is 10.5. The first-order valence-corrected chi connectivity index (χ1v) is 7.28. The summed E-state index contributed by atoms with van der Waals surface area (Å²) in [6.07, 6.45) is -4.69. The summed E-state index contributed by atoms with van der Waals surface area (Å²) in [7, 11) is -3.70. The molecule has 1 aromatic rings. The Labute approximate surface area is 113 Å². The van der Waals surface area contributed by atoms with Gasteiger partial charge in [0.05, 0.1) is 5.75 Å². The summed E-state index contributed by atoms with van der Waals surface area (Å²) >= 11 is 0. The van der Waals surface area contributed by atoms with E-state index in [2.05, 4.69) is 20.6 Å². The standard InChI is InChI=1S/C9H14F3N5O2S/c1-2-14-6-5-7(15-3-4-20(13,18)19)17-8(16-6)9(10,11)12/h5H,2-4H2,1H3,(H2,13,18,19)(H2,14,15,16,17). The van der Waals surface area contributed by atoms with E-state index in [0.29, 0.717) is 6.54 Å². The maximum Gasteiger partial charge on any atom is 0.451 e. The minimum absolute atomic E-state index is 0.00655. The molecule has 0 fully saturated rings. The third-order valence-corrected chi connectivity index (χ3v) is 2.80. The van der Waals surface area contributed by atoms with Crippen molar-refractivity contribution in [2.75, 3.05) is 29.5 Å². The van der Waals surface area contributed by atoms with E-state index in [-0.39, 0.29) is 18.2 Å². The molecular formula is C9H14F3N5O2S. The molecule has 1 rings (SSSR count). The molecule has 0 bridgehead atoms. The number of rotatable bonds is 6. The van der Waals surface area contributed by atoms with Crippen molar-refractivity contribution < 1.29 is 21.6 Å². The van der Waals surface area contributed by atoms with Crippen LogP contribution < -0.4 is 15.8 Å². The minimum Gasteiger partial charge on any atom is -0.370 e. The fourth-order valence-corrected chi connectivity index (χ4v) is 1.64. The van der Waals surface area contributed by atoms with Crippen molar-refractivity contribution in [3.05, 3.63) is 11.9 Å². The molecule has 0 amide bonds. The van der Waals surface area contributed by atoms with Crippen molar-refractivity contribution in [3.63, 3.8) is 0 Å². The van der Waals surface area contributed by atoms with Crippen LogP contribution in [0, 0.1) is 0 Å². The number of anilines is 2. The van der Waals surface area contributed by atoms with Crippen molar-refractivity contribution in [2.45, 2.75) is 13.1 Å². The van der Waals surface area contributed by atoms with Gasteiger partial charge < -0.3 is 10.6 Å². The number of halogens is 3. The summed E-state index contributed by atoms with van der Waals surface area (Å²) in [5.41, 5.74) is 0. The Morgan fingerprint density at radius 3 is 2.25 bits per heavy atom. The van der Waals surface area contributed by atoms with Crippen molar-refractivity contribution in [1.29, 1.82) is 0 Å². The molecule has 0 radical (unpaired) electrons. The minimum atomic E-state index is -4.69. The van der Waals surface area contributed by atoms with E-state index in [9.17, 15) is 21.6 Å². The number of nitrogens with two attached hydrogens (primary N) is 1. The van der Waals surface area contributed by atoms with Crippen LogP contribution in [0.15, 0.2) is 6.07 Å². The highest BCUT2D eigenvalue weighted by Gasteiger charge is 2.35. The molecule has 0 unspecified atom stereocenters.